The summed E-state index contributed by atoms with van der Waals surface area (Å²) in [6.45, 7) is 4.83. The van der Waals surface area contributed by atoms with Gasteiger partial charge in [-0.3, -0.25) is 0 Å². The molecule has 1 aliphatic rings. The number of unbranched alkanes of at least 4 members (excludes halogenated alkanes) is 1. The predicted octanol–water partition coefficient (Wildman–Crippen LogP) is 5.63. The summed E-state index contributed by atoms with van der Waals surface area (Å²) in [5.41, 5.74) is 1.19. The van der Waals surface area contributed by atoms with Crippen LogP contribution < -0.4 is 9.64 Å². The first-order chi connectivity index (χ1) is 14.3. The maximum Gasteiger partial charge on any atom is 0.181 e. The number of fused-ring (bicyclic) bond motifs is 1. The summed E-state index contributed by atoms with van der Waals surface area (Å²) in [6, 6.07) is 11.0. The molecule has 5 nitrogen and oxygen atoms in total. The molecule has 1 atom stereocenters. The normalized spacial score (nSPS) is 20.5. The van der Waals surface area contributed by atoms with Crippen LogP contribution in [0.4, 0.5) is 11.4 Å². The lowest BCUT2D eigenvalue weighted by Gasteiger charge is -2.36. The Bertz CT molecular complexity index is 989. The summed E-state index contributed by atoms with van der Waals surface area (Å²) >= 11 is 1.41. The first-order valence-electron chi connectivity index (χ1n) is 10.3. The van der Waals surface area contributed by atoms with Gasteiger partial charge in [-0.15, -0.1) is 11.8 Å². The van der Waals surface area contributed by atoms with Gasteiger partial charge in [-0.1, -0.05) is 26.7 Å². The van der Waals surface area contributed by atoms with E-state index in [4.69, 9.17) is 4.74 Å². The van der Waals surface area contributed by atoms with Crippen molar-refractivity contribution in [3.63, 3.8) is 0 Å². The van der Waals surface area contributed by atoms with Gasteiger partial charge < -0.3 is 14.7 Å². The highest BCUT2D eigenvalue weighted by Crippen LogP contribution is 2.47. The molecule has 0 fully saturated rings. The summed E-state index contributed by atoms with van der Waals surface area (Å²) in [7, 11) is -1.94. The lowest BCUT2D eigenvalue weighted by molar-refractivity contribution is 0.290. The van der Waals surface area contributed by atoms with Gasteiger partial charge in [-0.05, 0) is 49.4 Å². The lowest BCUT2D eigenvalue weighted by atomic mass is 9.81. The lowest BCUT2D eigenvalue weighted by Crippen LogP contribution is -2.37. The number of ether oxygens (including phenoxy) is 1. The maximum absolute atomic E-state index is 13.5. The minimum atomic E-state index is -3.57. The molecule has 30 heavy (non-hydrogen) atoms. The molecule has 0 unspecified atom stereocenters. The number of aromatic hydroxyl groups is 1. The van der Waals surface area contributed by atoms with Gasteiger partial charge in [0.25, 0.3) is 0 Å². The summed E-state index contributed by atoms with van der Waals surface area (Å²) in [4.78, 5) is 2.98. The number of phenols is 1. The number of methoxy groups -OCH3 is 1. The van der Waals surface area contributed by atoms with Crippen LogP contribution in [0.25, 0.3) is 0 Å². The highest BCUT2D eigenvalue weighted by atomic mass is 32.2. The number of sulfone groups is 1. The van der Waals surface area contributed by atoms with E-state index >= 15 is 0 Å². The second kappa shape index (κ2) is 9.10. The van der Waals surface area contributed by atoms with Crippen molar-refractivity contribution in [3.05, 3.63) is 36.4 Å². The SMILES string of the molecule is CCCC[C@@]1(CC)CN(c2ccc(OC)cc2)c2cc(SC)c(O)cc2S(=O)(=O)C1. The molecule has 1 N–H and O–H groups in total. The Morgan fingerprint density at radius 1 is 1.20 bits per heavy atom. The van der Waals surface area contributed by atoms with Crippen molar-refractivity contribution < 1.29 is 18.3 Å². The van der Waals surface area contributed by atoms with Crippen molar-refractivity contribution in [2.75, 3.05) is 30.6 Å². The first kappa shape index (κ1) is 22.8. The predicted molar refractivity (Wildman–Crippen MR) is 124 cm³/mol. The molecule has 7 heteroatoms. The molecule has 0 radical (unpaired) electrons. The van der Waals surface area contributed by atoms with Crippen LogP contribution in [0, 0.1) is 5.41 Å². The van der Waals surface area contributed by atoms with E-state index < -0.39 is 9.84 Å². The Balaban J connectivity index is 2.24. The van der Waals surface area contributed by atoms with Crippen molar-refractivity contribution in [1.82, 2.24) is 0 Å². The smallest absolute Gasteiger partial charge is 0.181 e. The van der Waals surface area contributed by atoms with E-state index in [1.165, 1.54) is 17.8 Å². The fourth-order valence-electron chi connectivity index (χ4n) is 4.20. The molecule has 1 aliphatic heterocycles. The van der Waals surface area contributed by atoms with Gasteiger partial charge in [0.15, 0.2) is 9.84 Å². The van der Waals surface area contributed by atoms with Crippen molar-refractivity contribution in [2.24, 2.45) is 5.41 Å². The Hall–Kier alpha value is -1.86. The fraction of sp³-hybridized carbons (Fsp3) is 0.478. The number of hydrogen-bond donors (Lipinski definition) is 1. The average molecular weight is 450 g/mol. The van der Waals surface area contributed by atoms with Crippen LogP contribution in [0.3, 0.4) is 0 Å². The molecule has 0 saturated heterocycles. The molecule has 164 valence electrons. The van der Waals surface area contributed by atoms with Gasteiger partial charge in [0.2, 0.25) is 0 Å². The molecule has 0 bridgehead atoms. The minimum Gasteiger partial charge on any atom is -0.507 e. The number of phenolic OH excluding ortho intramolecular Hbond substituents is 1. The number of nitrogens with zero attached hydrogens (tertiary/aromatic N) is 1. The number of benzene rings is 2. The topological polar surface area (TPSA) is 66.8 Å². The third-order valence-electron chi connectivity index (χ3n) is 6.07. The van der Waals surface area contributed by atoms with E-state index in [9.17, 15) is 13.5 Å². The molecular formula is C23H31NO4S2. The van der Waals surface area contributed by atoms with Crippen LogP contribution in [0.2, 0.25) is 0 Å². The summed E-state index contributed by atoms with van der Waals surface area (Å²) in [5.74, 6) is 0.857. The Labute approximate surface area is 184 Å². The number of thioether (sulfide) groups is 1. The van der Waals surface area contributed by atoms with Gasteiger partial charge >= 0.3 is 0 Å². The molecule has 0 aliphatic carbocycles. The van der Waals surface area contributed by atoms with E-state index in [-0.39, 0.29) is 21.8 Å². The monoisotopic (exact) mass is 449 g/mol. The molecule has 0 amide bonds. The number of hydrogen-bond acceptors (Lipinski definition) is 6. The molecule has 0 spiro atoms. The fourth-order valence-corrected chi connectivity index (χ4v) is 6.87. The minimum absolute atomic E-state index is 0.0112. The highest BCUT2D eigenvalue weighted by molar-refractivity contribution is 7.98. The Morgan fingerprint density at radius 2 is 1.90 bits per heavy atom. The molecule has 0 aromatic heterocycles. The average Bonchev–Trinajstić information content (AvgIpc) is 2.84. The quantitative estimate of drug-likeness (QED) is 0.552. The molecule has 2 aromatic rings. The second-order valence-electron chi connectivity index (χ2n) is 7.99. The Morgan fingerprint density at radius 3 is 2.47 bits per heavy atom. The van der Waals surface area contributed by atoms with E-state index in [1.54, 1.807) is 7.11 Å². The van der Waals surface area contributed by atoms with Crippen molar-refractivity contribution >= 4 is 33.0 Å². The van der Waals surface area contributed by atoms with E-state index in [1.807, 2.05) is 36.6 Å². The third-order valence-corrected chi connectivity index (χ3v) is 8.83. The van der Waals surface area contributed by atoms with Crippen LogP contribution in [0.5, 0.6) is 11.5 Å². The third kappa shape index (κ3) is 4.42. The molecule has 3 rings (SSSR count). The van der Waals surface area contributed by atoms with Crippen molar-refractivity contribution in [3.8, 4) is 11.5 Å². The number of anilines is 2. The van der Waals surface area contributed by atoms with Crippen molar-refractivity contribution in [2.45, 2.75) is 49.3 Å². The Kier molecular flexibility index (Phi) is 6.92. The van der Waals surface area contributed by atoms with Crippen molar-refractivity contribution in [1.29, 1.82) is 0 Å². The zero-order valence-corrected chi connectivity index (χ0v) is 19.8. The summed E-state index contributed by atoms with van der Waals surface area (Å²) in [5, 5.41) is 10.4. The summed E-state index contributed by atoms with van der Waals surface area (Å²) in [6.07, 6.45) is 5.50. The van der Waals surface area contributed by atoms with Crippen LogP contribution in [-0.4, -0.2) is 39.2 Å². The van der Waals surface area contributed by atoms with E-state index in [2.05, 4.69) is 18.7 Å². The zero-order valence-electron chi connectivity index (χ0n) is 18.1. The van der Waals surface area contributed by atoms with Gasteiger partial charge in [-0.25, -0.2) is 8.42 Å². The standard InChI is InChI=1S/C23H31NO4S2/c1-5-7-12-23(6-2)15-24(17-8-10-18(28-3)11-9-17)19-13-21(29-4)20(25)14-22(19)30(26,27)16-23/h8-11,13-14,25H,5-7,12,15-16H2,1-4H3/t23-/m0/s1. The maximum atomic E-state index is 13.5. The number of rotatable bonds is 7. The van der Waals surface area contributed by atoms with Gasteiger partial charge in [0.1, 0.15) is 11.5 Å². The van der Waals surface area contributed by atoms with E-state index in [0.29, 0.717) is 17.1 Å². The van der Waals surface area contributed by atoms with Crippen LogP contribution in [0.1, 0.15) is 39.5 Å². The summed E-state index contributed by atoms with van der Waals surface area (Å²) < 4.78 is 32.3. The second-order valence-corrected chi connectivity index (χ2v) is 10.8. The molecule has 0 saturated carbocycles. The molecular weight excluding hydrogens is 418 g/mol. The van der Waals surface area contributed by atoms with Gasteiger partial charge in [0, 0.05) is 23.7 Å². The molecule has 1 heterocycles. The van der Waals surface area contributed by atoms with Crippen LogP contribution >= 0.6 is 11.8 Å². The zero-order chi connectivity index (χ0) is 21.9. The van der Waals surface area contributed by atoms with Crippen LogP contribution in [-0.2, 0) is 9.84 Å². The van der Waals surface area contributed by atoms with Gasteiger partial charge in [-0.2, -0.15) is 0 Å². The van der Waals surface area contributed by atoms with Gasteiger partial charge in [0.05, 0.1) is 28.3 Å². The highest BCUT2D eigenvalue weighted by Gasteiger charge is 2.41. The van der Waals surface area contributed by atoms with E-state index in [0.717, 1.165) is 37.1 Å². The molecule has 2 aromatic carbocycles. The van der Waals surface area contributed by atoms with Crippen LogP contribution in [0.15, 0.2) is 46.2 Å². The largest absolute Gasteiger partial charge is 0.507 e. The first-order valence-corrected chi connectivity index (χ1v) is 13.2.